The van der Waals surface area contributed by atoms with Crippen molar-refractivity contribution in [1.82, 2.24) is 4.98 Å². The minimum Gasteiger partial charge on any atom is -0.362 e. The van der Waals surface area contributed by atoms with E-state index < -0.39 is 0 Å². The van der Waals surface area contributed by atoms with Crippen LogP contribution in [0.5, 0.6) is 0 Å². The summed E-state index contributed by atoms with van der Waals surface area (Å²) in [5, 5.41) is 1.39. The van der Waals surface area contributed by atoms with E-state index in [2.05, 4.69) is 20.9 Å². The third-order valence-corrected chi connectivity index (χ3v) is 2.82. The third kappa shape index (κ3) is 1.69. The molecule has 0 N–H and O–H groups in total. The zero-order valence-corrected chi connectivity index (χ0v) is 10.0. The van der Waals surface area contributed by atoms with Crippen LogP contribution in [0.15, 0.2) is 28.9 Å². The quantitative estimate of drug-likeness (QED) is 0.790. The molecule has 15 heavy (non-hydrogen) atoms. The van der Waals surface area contributed by atoms with E-state index in [-0.39, 0.29) is 5.82 Å². The molecular formula is C11H10BrFN2. The molecule has 2 nitrogen and oxygen atoms in total. The van der Waals surface area contributed by atoms with Gasteiger partial charge in [-0.25, -0.2) is 9.37 Å². The lowest BCUT2D eigenvalue weighted by Gasteiger charge is -2.14. The van der Waals surface area contributed by atoms with E-state index in [0.717, 1.165) is 11.2 Å². The summed E-state index contributed by atoms with van der Waals surface area (Å²) in [4.78, 5) is 6.13. The zero-order valence-electron chi connectivity index (χ0n) is 8.46. The summed E-state index contributed by atoms with van der Waals surface area (Å²) in [6.07, 6.45) is 1.63. The maximum absolute atomic E-state index is 13.6. The molecular weight excluding hydrogens is 259 g/mol. The molecule has 0 radical (unpaired) electrons. The molecule has 0 aliphatic rings. The second-order valence-electron chi connectivity index (χ2n) is 3.49. The summed E-state index contributed by atoms with van der Waals surface area (Å²) in [6, 6.07) is 5.01. The molecule has 0 bridgehead atoms. The Hall–Kier alpha value is -1.16. The second-order valence-corrected chi connectivity index (χ2v) is 4.34. The molecule has 2 rings (SSSR count). The monoisotopic (exact) mass is 268 g/mol. The fraction of sp³-hybridized carbons (Fsp3) is 0.182. The van der Waals surface area contributed by atoms with Gasteiger partial charge in [0.1, 0.15) is 11.6 Å². The predicted octanol–water partition coefficient (Wildman–Crippen LogP) is 3.20. The van der Waals surface area contributed by atoms with Crippen molar-refractivity contribution < 1.29 is 4.39 Å². The van der Waals surface area contributed by atoms with E-state index in [1.54, 1.807) is 12.3 Å². The lowest BCUT2D eigenvalue weighted by Crippen LogP contribution is -2.11. The number of aromatic nitrogens is 1. The number of halogens is 2. The summed E-state index contributed by atoms with van der Waals surface area (Å²) < 4.78 is 14.3. The molecule has 0 amide bonds. The summed E-state index contributed by atoms with van der Waals surface area (Å²) >= 11 is 3.31. The average molecular weight is 269 g/mol. The van der Waals surface area contributed by atoms with Gasteiger partial charge in [-0.2, -0.15) is 0 Å². The molecule has 0 unspecified atom stereocenters. The van der Waals surface area contributed by atoms with Crippen molar-refractivity contribution in [2.24, 2.45) is 0 Å². The molecule has 1 heterocycles. The lowest BCUT2D eigenvalue weighted by atomic mass is 10.1. The van der Waals surface area contributed by atoms with Gasteiger partial charge in [-0.15, -0.1) is 0 Å². The summed E-state index contributed by atoms with van der Waals surface area (Å²) in [5.41, 5.74) is 0. The largest absolute Gasteiger partial charge is 0.362 e. The van der Waals surface area contributed by atoms with Crippen molar-refractivity contribution in [3.05, 3.63) is 34.7 Å². The molecule has 78 valence electrons. The molecule has 0 aliphatic heterocycles. The van der Waals surface area contributed by atoms with Gasteiger partial charge in [0.25, 0.3) is 0 Å². The Labute approximate surface area is 95.9 Å². The van der Waals surface area contributed by atoms with E-state index in [4.69, 9.17) is 0 Å². The number of hydrogen-bond donors (Lipinski definition) is 0. The van der Waals surface area contributed by atoms with Crippen LogP contribution in [0.3, 0.4) is 0 Å². The van der Waals surface area contributed by atoms with Crippen LogP contribution in [0, 0.1) is 5.82 Å². The lowest BCUT2D eigenvalue weighted by molar-refractivity contribution is 0.639. The van der Waals surface area contributed by atoms with Gasteiger partial charge in [0.15, 0.2) is 0 Å². The number of anilines is 1. The van der Waals surface area contributed by atoms with Crippen LogP contribution in [0.1, 0.15) is 0 Å². The van der Waals surface area contributed by atoms with E-state index >= 15 is 0 Å². The minimum atomic E-state index is -0.232. The first-order valence-electron chi connectivity index (χ1n) is 4.51. The highest BCUT2D eigenvalue weighted by Crippen LogP contribution is 2.30. The molecule has 0 aliphatic carbocycles. The Bertz CT molecular complexity index is 503. The Morgan fingerprint density at radius 1 is 1.33 bits per heavy atom. The topological polar surface area (TPSA) is 16.1 Å². The number of nitrogens with zero attached hydrogens (tertiary/aromatic N) is 2. The minimum absolute atomic E-state index is 0.232. The van der Waals surface area contributed by atoms with Crippen molar-refractivity contribution in [2.75, 3.05) is 19.0 Å². The first-order chi connectivity index (χ1) is 7.11. The Morgan fingerprint density at radius 3 is 2.73 bits per heavy atom. The van der Waals surface area contributed by atoms with E-state index in [1.807, 2.05) is 25.1 Å². The van der Waals surface area contributed by atoms with Gasteiger partial charge in [-0.3, -0.25) is 0 Å². The van der Waals surface area contributed by atoms with Crippen molar-refractivity contribution >= 4 is 32.5 Å². The zero-order chi connectivity index (χ0) is 11.0. The third-order valence-electron chi connectivity index (χ3n) is 2.22. The van der Waals surface area contributed by atoms with Crippen molar-refractivity contribution in [3.8, 4) is 0 Å². The maximum Gasteiger partial charge on any atom is 0.136 e. The molecule has 1 aromatic heterocycles. The Balaban J connectivity index is 2.89. The van der Waals surface area contributed by atoms with Gasteiger partial charge in [0.05, 0.1) is 0 Å². The standard InChI is InChI=1S/C11H10BrFN2/c1-15(2)11-7-4-3-5-9(13)10(7)8(12)6-14-11/h3-6H,1-2H3. The highest BCUT2D eigenvalue weighted by Gasteiger charge is 2.10. The fourth-order valence-corrected chi connectivity index (χ4v) is 2.07. The van der Waals surface area contributed by atoms with Crippen molar-refractivity contribution in [2.45, 2.75) is 0 Å². The van der Waals surface area contributed by atoms with E-state index in [0.29, 0.717) is 9.86 Å². The van der Waals surface area contributed by atoms with Crippen LogP contribution in [0.4, 0.5) is 10.2 Å². The van der Waals surface area contributed by atoms with Gasteiger partial charge < -0.3 is 4.90 Å². The van der Waals surface area contributed by atoms with Crippen LogP contribution in [-0.2, 0) is 0 Å². The smallest absolute Gasteiger partial charge is 0.136 e. The fourth-order valence-electron chi connectivity index (χ4n) is 1.56. The number of hydrogen-bond acceptors (Lipinski definition) is 2. The molecule has 0 spiro atoms. The van der Waals surface area contributed by atoms with Crippen LogP contribution >= 0.6 is 15.9 Å². The summed E-state index contributed by atoms with van der Waals surface area (Å²) in [7, 11) is 3.78. The van der Waals surface area contributed by atoms with Crippen LogP contribution in [0.2, 0.25) is 0 Å². The Kier molecular flexibility index (Phi) is 2.61. The SMILES string of the molecule is CN(C)c1ncc(Br)c2c(F)cccc12. The molecule has 2 aromatic rings. The first-order valence-corrected chi connectivity index (χ1v) is 5.30. The van der Waals surface area contributed by atoms with E-state index in [9.17, 15) is 4.39 Å². The Morgan fingerprint density at radius 2 is 2.07 bits per heavy atom. The average Bonchev–Trinajstić information content (AvgIpc) is 2.17. The second kappa shape index (κ2) is 3.77. The molecule has 1 aromatic carbocycles. The predicted molar refractivity (Wildman–Crippen MR) is 63.7 cm³/mol. The molecule has 0 saturated carbocycles. The molecule has 0 atom stereocenters. The van der Waals surface area contributed by atoms with Crippen LogP contribution < -0.4 is 4.90 Å². The highest BCUT2D eigenvalue weighted by atomic mass is 79.9. The van der Waals surface area contributed by atoms with Crippen molar-refractivity contribution in [3.63, 3.8) is 0 Å². The van der Waals surface area contributed by atoms with E-state index in [1.165, 1.54) is 6.07 Å². The van der Waals surface area contributed by atoms with Gasteiger partial charge in [0.2, 0.25) is 0 Å². The molecule has 0 fully saturated rings. The van der Waals surface area contributed by atoms with Gasteiger partial charge in [-0.05, 0) is 22.0 Å². The molecule has 0 saturated heterocycles. The van der Waals surface area contributed by atoms with Crippen molar-refractivity contribution in [1.29, 1.82) is 0 Å². The number of fused-ring (bicyclic) bond motifs is 1. The van der Waals surface area contributed by atoms with Gasteiger partial charge >= 0.3 is 0 Å². The maximum atomic E-state index is 13.6. The van der Waals surface area contributed by atoms with Crippen LogP contribution in [0.25, 0.3) is 10.8 Å². The number of rotatable bonds is 1. The van der Waals surface area contributed by atoms with Gasteiger partial charge in [-0.1, -0.05) is 12.1 Å². The van der Waals surface area contributed by atoms with Gasteiger partial charge in [0, 0.05) is 35.5 Å². The van der Waals surface area contributed by atoms with Crippen LogP contribution in [-0.4, -0.2) is 19.1 Å². The first kappa shape index (κ1) is 10.4. The summed E-state index contributed by atoms with van der Waals surface area (Å²) in [5.74, 6) is 0.539. The number of benzene rings is 1. The summed E-state index contributed by atoms with van der Waals surface area (Å²) in [6.45, 7) is 0. The normalized spacial score (nSPS) is 10.7. The number of pyridine rings is 1. The molecule has 4 heteroatoms. The highest BCUT2D eigenvalue weighted by molar-refractivity contribution is 9.10.